The lowest BCUT2D eigenvalue weighted by Gasteiger charge is -2.49. The molecule has 0 unspecified atom stereocenters. The van der Waals surface area contributed by atoms with Crippen LogP contribution in [0.5, 0.6) is 0 Å². The van der Waals surface area contributed by atoms with Gasteiger partial charge in [-0.1, -0.05) is 49.8 Å². The number of nitrogens with zero attached hydrogens (tertiary/aromatic N) is 2. The molecule has 0 aromatic heterocycles. The maximum absolute atomic E-state index is 12.5. The van der Waals surface area contributed by atoms with Crippen LogP contribution in [0.25, 0.3) is 6.08 Å². The molecular weight excluding hydrogens is 370 g/mol. The number of rotatable bonds is 5. The maximum atomic E-state index is 12.5. The number of amides is 1. The van der Waals surface area contributed by atoms with E-state index >= 15 is 0 Å². The molecule has 0 spiro atoms. The number of anilines is 2. The van der Waals surface area contributed by atoms with Crippen molar-refractivity contribution in [1.82, 2.24) is 5.32 Å². The topological polar surface area (TPSA) is 35.6 Å². The van der Waals surface area contributed by atoms with E-state index in [9.17, 15) is 4.79 Å². The van der Waals surface area contributed by atoms with Crippen molar-refractivity contribution in [3.63, 3.8) is 0 Å². The second-order valence-electron chi connectivity index (χ2n) is 8.96. The van der Waals surface area contributed by atoms with Gasteiger partial charge in [0.2, 0.25) is 5.91 Å². The minimum absolute atomic E-state index is 0.116. The van der Waals surface area contributed by atoms with Crippen LogP contribution >= 0.6 is 0 Å². The highest BCUT2D eigenvalue weighted by atomic mass is 16.2. The summed E-state index contributed by atoms with van der Waals surface area (Å²) < 4.78 is 0. The van der Waals surface area contributed by atoms with E-state index in [4.69, 9.17) is 0 Å². The SMILES string of the molecule is CCN(CC)c1ccc(/C=C\[C@]23NC(=O)CCN2c2ccc(C)cc2C3(C)C)cc1. The molecule has 4 nitrogen and oxygen atoms in total. The van der Waals surface area contributed by atoms with E-state index < -0.39 is 5.66 Å². The first-order chi connectivity index (χ1) is 14.3. The van der Waals surface area contributed by atoms with E-state index in [0.717, 1.165) is 25.2 Å². The van der Waals surface area contributed by atoms with Gasteiger partial charge in [0.15, 0.2) is 0 Å². The van der Waals surface area contributed by atoms with Gasteiger partial charge in [0.1, 0.15) is 5.66 Å². The molecule has 1 N–H and O–H groups in total. The zero-order valence-electron chi connectivity index (χ0n) is 18.8. The van der Waals surface area contributed by atoms with Crippen molar-refractivity contribution in [3.05, 3.63) is 65.2 Å². The van der Waals surface area contributed by atoms with Gasteiger partial charge < -0.3 is 15.1 Å². The summed E-state index contributed by atoms with van der Waals surface area (Å²) in [4.78, 5) is 17.3. The third-order valence-electron chi connectivity index (χ3n) is 6.93. The molecule has 1 amide bonds. The van der Waals surface area contributed by atoms with Gasteiger partial charge in [-0.25, -0.2) is 0 Å². The normalized spacial score (nSPS) is 22.0. The summed E-state index contributed by atoms with van der Waals surface area (Å²) in [6, 6.07) is 15.3. The molecule has 2 aromatic rings. The number of carbonyl (C=O) groups excluding carboxylic acids is 1. The van der Waals surface area contributed by atoms with Crippen molar-refractivity contribution in [2.24, 2.45) is 0 Å². The van der Waals surface area contributed by atoms with E-state index in [0.29, 0.717) is 6.42 Å². The first kappa shape index (κ1) is 20.5. The van der Waals surface area contributed by atoms with E-state index in [1.165, 1.54) is 22.5 Å². The highest BCUT2D eigenvalue weighted by Gasteiger charge is 2.57. The Morgan fingerprint density at radius 3 is 2.47 bits per heavy atom. The van der Waals surface area contributed by atoms with E-state index in [-0.39, 0.29) is 11.3 Å². The number of hydrogen-bond donors (Lipinski definition) is 1. The Labute approximate surface area is 180 Å². The highest BCUT2D eigenvalue weighted by Crippen LogP contribution is 2.52. The Hall–Kier alpha value is -2.75. The van der Waals surface area contributed by atoms with E-state index in [1.54, 1.807) is 0 Å². The average molecular weight is 404 g/mol. The molecule has 1 fully saturated rings. The summed E-state index contributed by atoms with van der Waals surface area (Å²) in [6.45, 7) is 13.7. The van der Waals surface area contributed by atoms with Gasteiger partial charge >= 0.3 is 0 Å². The minimum Gasteiger partial charge on any atom is -0.372 e. The summed E-state index contributed by atoms with van der Waals surface area (Å²) in [6.07, 6.45) is 4.88. The molecule has 1 atom stereocenters. The molecule has 4 rings (SSSR count). The fourth-order valence-corrected chi connectivity index (χ4v) is 5.07. The fraction of sp³-hybridized carbons (Fsp3) is 0.423. The lowest BCUT2D eigenvalue weighted by Crippen LogP contribution is -2.68. The summed E-state index contributed by atoms with van der Waals surface area (Å²) in [7, 11) is 0. The van der Waals surface area contributed by atoms with Crippen LogP contribution in [0.2, 0.25) is 0 Å². The quantitative estimate of drug-likeness (QED) is 0.774. The molecular formula is C26H33N3O. The molecule has 0 aliphatic carbocycles. The van der Waals surface area contributed by atoms with Crippen LogP contribution in [0.3, 0.4) is 0 Å². The van der Waals surface area contributed by atoms with Crippen LogP contribution in [-0.2, 0) is 10.2 Å². The predicted octanol–water partition coefficient (Wildman–Crippen LogP) is 4.87. The number of hydrogen-bond acceptors (Lipinski definition) is 3. The van der Waals surface area contributed by atoms with Crippen molar-refractivity contribution in [3.8, 4) is 0 Å². The van der Waals surface area contributed by atoms with Gasteiger partial charge in [0, 0.05) is 42.8 Å². The monoisotopic (exact) mass is 403 g/mol. The summed E-state index contributed by atoms with van der Waals surface area (Å²) in [5, 5.41) is 3.36. The zero-order valence-corrected chi connectivity index (χ0v) is 18.8. The Morgan fingerprint density at radius 2 is 1.80 bits per heavy atom. The fourth-order valence-electron chi connectivity index (χ4n) is 5.07. The largest absolute Gasteiger partial charge is 0.372 e. The number of aryl methyl sites for hydroxylation is 1. The van der Waals surface area contributed by atoms with Crippen LogP contribution < -0.4 is 15.1 Å². The molecule has 2 aliphatic heterocycles. The van der Waals surface area contributed by atoms with Crippen molar-refractivity contribution in [1.29, 1.82) is 0 Å². The maximum Gasteiger partial charge on any atom is 0.223 e. The standard InChI is InChI=1S/C26H33N3O/c1-6-28(7-2)21-11-9-20(10-12-21)14-16-26-25(4,5)22-18-19(3)8-13-23(22)29(26)17-15-24(30)27-26/h8-14,16,18H,6-7,15,17H2,1-5H3,(H,27,30)/b16-14-/t26-/m0/s1. The summed E-state index contributed by atoms with van der Waals surface area (Å²) in [5.74, 6) is 0.116. The average Bonchev–Trinajstić information content (AvgIpc) is 2.92. The van der Waals surface area contributed by atoms with Crippen LogP contribution in [0, 0.1) is 6.92 Å². The smallest absolute Gasteiger partial charge is 0.223 e. The first-order valence-corrected chi connectivity index (χ1v) is 11.1. The van der Waals surface area contributed by atoms with Crippen molar-refractivity contribution < 1.29 is 4.79 Å². The van der Waals surface area contributed by atoms with Crippen molar-refractivity contribution in [2.45, 2.75) is 52.1 Å². The van der Waals surface area contributed by atoms with Gasteiger partial charge in [0.25, 0.3) is 0 Å². The molecule has 30 heavy (non-hydrogen) atoms. The molecule has 0 radical (unpaired) electrons. The Balaban J connectivity index is 1.73. The van der Waals surface area contributed by atoms with Crippen molar-refractivity contribution in [2.75, 3.05) is 29.4 Å². The van der Waals surface area contributed by atoms with Gasteiger partial charge in [-0.3, -0.25) is 4.79 Å². The number of carbonyl (C=O) groups is 1. The molecule has 2 aromatic carbocycles. The van der Waals surface area contributed by atoms with Crippen LogP contribution in [0.4, 0.5) is 11.4 Å². The zero-order chi connectivity index (χ0) is 21.5. The van der Waals surface area contributed by atoms with E-state index in [1.807, 2.05) is 0 Å². The second kappa shape index (κ2) is 7.50. The van der Waals surface area contributed by atoms with Crippen molar-refractivity contribution >= 4 is 23.4 Å². The van der Waals surface area contributed by atoms with Gasteiger partial charge in [-0.15, -0.1) is 0 Å². The molecule has 2 aliphatic rings. The molecule has 158 valence electrons. The van der Waals surface area contributed by atoms with Crippen LogP contribution in [-0.4, -0.2) is 31.2 Å². The van der Waals surface area contributed by atoms with Gasteiger partial charge in [-0.2, -0.15) is 0 Å². The Bertz CT molecular complexity index is 972. The molecule has 1 saturated heterocycles. The molecule has 0 saturated carbocycles. The van der Waals surface area contributed by atoms with Crippen LogP contribution in [0.15, 0.2) is 48.5 Å². The van der Waals surface area contributed by atoms with E-state index in [2.05, 4.69) is 104 Å². The Kier molecular flexibility index (Phi) is 5.13. The number of benzene rings is 2. The molecule has 0 bridgehead atoms. The third kappa shape index (κ3) is 3.10. The second-order valence-corrected chi connectivity index (χ2v) is 8.96. The third-order valence-corrected chi connectivity index (χ3v) is 6.93. The predicted molar refractivity (Wildman–Crippen MR) is 126 cm³/mol. The van der Waals surface area contributed by atoms with Crippen LogP contribution in [0.1, 0.15) is 50.8 Å². The summed E-state index contributed by atoms with van der Waals surface area (Å²) >= 11 is 0. The molecule has 2 heterocycles. The minimum atomic E-state index is -0.560. The first-order valence-electron chi connectivity index (χ1n) is 11.1. The number of nitrogens with one attached hydrogen (secondary N) is 1. The van der Waals surface area contributed by atoms with Gasteiger partial charge in [0.05, 0.1) is 0 Å². The Morgan fingerprint density at radius 1 is 1.10 bits per heavy atom. The molecule has 4 heteroatoms. The lowest BCUT2D eigenvalue weighted by atomic mass is 9.74. The number of fused-ring (bicyclic) bond motifs is 3. The van der Waals surface area contributed by atoms with Gasteiger partial charge in [-0.05, 0) is 56.2 Å². The lowest BCUT2D eigenvalue weighted by molar-refractivity contribution is -0.124. The summed E-state index contributed by atoms with van der Waals surface area (Å²) in [5.41, 5.74) is 5.35. The highest BCUT2D eigenvalue weighted by molar-refractivity contribution is 5.84.